The fraction of sp³-hybridized carbons (Fsp3) is 0.400. The molecule has 0 atom stereocenters. The van der Waals surface area contributed by atoms with Gasteiger partial charge in [0.05, 0.1) is 5.69 Å². The highest BCUT2D eigenvalue weighted by atomic mass is 32.2. The average molecular weight is 297 g/mol. The predicted octanol–water partition coefficient (Wildman–Crippen LogP) is 1.59. The largest absolute Gasteiger partial charge is 0.389 e. The number of halogens is 3. The van der Waals surface area contributed by atoms with Gasteiger partial charge >= 0.3 is 6.18 Å². The number of nitrogens with one attached hydrogen (secondary N) is 2. The van der Waals surface area contributed by atoms with Crippen LogP contribution in [0, 0.1) is 0 Å². The molecule has 0 saturated carbocycles. The summed E-state index contributed by atoms with van der Waals surface area (Å²) in [5.74, 6) is 5.17. The SMILES string of the molecule is NNc1ccccc1S(=O)(=O)NCCCC(F)(F)F. The second kappa shape index (κ2) is 6.22. The van der Waals surface area contributed by atoms with Gasteiger partial charge in [-0.1, -0.05) is 12.1 Å². The van der Waals surface area contributed by atoms with E-state index in [4.69, 9.17) is 5.84 Å². The number of nitrogens with two attached hydrogens (primary N) is 1. The molecule has 0 fully saturated rings. The Morgan fingerprint density at radius 1 is 1.21 bits per heavy atom. The number of benzene rings is 1. The van der Waals surface area contributed by atoms with E-state index in [1.54, 1.807) is 6.07 Å². The van der Waals surface area contributed by atoms with E-state index in [1.807, 2.05) is 0 Å². The number of para-hydroxylation sites is 1. The second-order valence-corrected chi connectivity index (χ2v) is 5.49. The standard InChI is InChI=1S/C10H14F3N3O2S/c11-10(12,13)6-3-7-15-19(17,18)9-5-2-1-4-8(9)16-14/h1-2,4-5,15-16H,3,6-7,14H2. The highest BCUT2D eigenvalue weighted by Gasteiger charge is 2.26. The van der Waals surface area contributed by atoms with E-state index in [2.05, 4.69) is 10.1 Å². The van der Waals surface area contributed by atoms with Crippen LogP contribution in [0.3, 0.4) is 0 Å². The Kier molecular flexibility index (Phi) is 5.15. The lowest BCUT2D eigenvalue weighted by atomic mass is 10.3. The van der Waals surface area contributed by atoms with Crippen LogP contribution >= 0.6 is 0 Å². The van der Waals surface area contributed by atoms with Crippen LogP contribution in [0.4, 0.5) is 18.9 Å². The van der Waals surface area contributed by atoms with Gasteiger partial charge in [0.1, 0.15) is 4.90 Å². The highest BCUT2D eigenvalue weighted by Crippen LogP contribution is 2.22. The van der Waals surface area contributed by atoms with Gasteiger partial charge in [-0.2, -0.15) is 13.2 Å². The molecule has 0 aliphatic rings. The molecular weight excluding hydrogens is 283 g/mol. The number of nitrogen functional groups attached to an aromatic ring is 1. The van der Waals surface area contributed by atoms with Crippen LogP contribution in [0.2, 0.25) is 0 Å². The molecule has 4 N–H and O–H groups in total. The molecular formula is C10H14F3N3O2S. The van der Waals surface area contributed by atoms with Gasteiger partial charge in [-0.05, 0) is 18.6 Å². The lowest BCUT2D eigenvalue weighted by molar-refractivity contribution is -0.135. The van der Waals surface area contributed by atoms with Crippen molar-refractivity contribution in [1.29, 1.82) is 0 Å². The topological polar surface area (TPSA) is 84.2 Å². The van der Waals surface area contributed by atoms with E-state index in [0.717, 1.165) is 0 Å². The van der Waals surface area contributed by atoms with Crippen LogP contribution in [0.15, 0.2) is 29.2 Å². The molecule has 0 aliphatic carbocycles. The normalized spacial score (nSPS) is 12.4. The van der Waals surface area contributed by atoms with Gasteiger partial charge < -0.3 is 5.43 Å². The van der Waals surface area contributed by atoms with E-state index in [1.165, 1.54) is 18.2 Å². The van der Waals surface area contributed by atoms with Crippen molar-refractivity contribution < 1.29 is 21.6 Å². The van der Waals surface area contributed by atoms with Crippen LogP contribution < -0.4 is 16.0 Å². The fourth-order valence-corrected chi connectivity index (χ4v) is 2.64. The first kappa shape index (κ1) is 15.7. The van der Waals surface area contributed by atoms with Crippen molar-refractivity contribution in [2.24, 2.45) is 5.84 Å². The minimum absolute atomic E-state index is 0.107. The van der Waals surface area contributed by atoms with Crippen LogP contribution in [-0.4, -0.2) is 21.1 Å². The minimum Gasteiger partial charge on any atom is -0.323 e. The summed E-state index contributed by atoms with van der Waals surface area (Å²) in [6.45, 7) is -0.291. The summed E-state index contributed by atoms with van der Waals surface area (Å²) in [6, 6.07) is 5.83. The molecule has 0 aliphatic heterocycles. The van der Waals surface area contributed by atoms with Crippen molar-refractivity contribution in [2.45, 2.75) is 23.9 Å². The highest BCUT2D eigenvalue weighted by molar-refractivity contribution is 7.89. The molecule has 0 bridgehead atoms. The van der Waals surface area contributed by atoms with Gasteiger partial charge in [0, 0.05) is 13.0 Å². The maximum absolute atomic E-state index is 11.9. The molecule has 1 rings (SSSR count). The maximum Gasteiger partial charge on any atom is 0.389 e. The molecule has 108 valence electrons. The Morgan fingerprint density at radius 2 is 1.84 bits per heavy atom. The van der Waals surface area contributed by atoms with E-state index in [9.17, 15) is 21.6 Å². The smallest absolute Gasteiger partial charge is 0.323 e. The lowest BCUT2D eigenvalue weighted by Crippen LogP contribution is -2.27. The second-order valence-electron chi connectivity index (χ2n) is 3.76. The molecule has 0 saturated heterocycles. The summed E-state index contributed by atoms with van der Waals surface area (Å²) >= 11 is 0. The number of anilines is 1. The number of hydrogen-bond donors (Lipinski definition) is 3. The van der Waals surface area contributed by atoms with E-state index >= 15 is 0 Å². The number of alkyl halides is 3. The molecule has 1 aromatic carbocycles. The number of hydrogen-bond acceptors (Lipinski definition) is 4. The Bertz CT molecular complexity index is 517. The van der Waals surface area contributed by atoms with E-state index in [-0.39, 0.29) is 23.5 Å². The Balaban J connectivity index is 2.66. The predicted molar refractivity (Wildman–Crippen MR) is 64.7 cm³/mol. The molecule has 0 spiro atoms. The summed E-state index contributed by atoms with van der Waals surface area (Å²) in [4.78, 5) is -0.107. The van der Waals surface area contributed by atoms with Gasteiger partial charge in [0.2, 0.25) is 10.0 Å². The van der Waals surface area contributed by atoms with E-state index < -0.39 is 22.6 Å². The monoisotopic (exact) mass is 297 g/mol. The van der Waals surface area contributed by atoms with Gasteiger partial charge in [-0.15, -0.1) is 0 Å². The molecule has 0 aromatic heterocycles. The molecule has 0 amide bonds. The molecule has 0 unspecified atom stereocenters. The number of rotatable bonds is 6. The summed E-state index contributed by atoms with van der Waals surface area (Å²) < 4.78 is 61.5. The average Bonchev–Trinajstić information content (AvgIpc) is 2.33. The maximum atomic E-state index is 11.9. The Hall–Kier alpha value is -1.32. The fourth-order valence-electron chi connectivity index (χ4n) is 1.39. The third kappa shape index (κ3) is 5.05. The zero-order valence-corrected chi connectivity index (χ0v) is 10.7. The number of sulfonamides is 1. The van der Waals surface area contributed by atoms with E-state index in [0.29, 0.717) is 0 Å². The van der Waals surface area contributed by atoms with Crippen LogP contribution in [0.5, 0.6) is 0 Å². The van der Waals surface area contributed by atoms with Crippen molar-refractivity contribution in [1.82, 2.24) is 4.72 Å². The van der Waals surface area contributed by atoms with Crippen LogP contribution in [0.25, 0.3) is 0 Å². The third-order valence-corrected chi connectivity index (χ3v) is 3.78. The minimum atomic E-state index is -4.29. The lowest BCUT2D eigenvalue weighted by Gasteiger charge is -2.11. The molecule has 0 radical (unpaired) electrons. The first-order valence-electron chi connectivity index (χ1n) is 5.38. The molecule has 5 nitrogen and oxygen atoms in total. The Morgan fingerprint density at radius 3 is 2.42 bits per heavy atom. The Labute approximate surface area is 109 Å². The first-order valence-corrected chi connectivity index (χ1v) is 6.86. The molecule has 1 aromatic rings. The molecule has 0 heterocycles. The van der Waals surface area contributed by atoms with Gasteiger partial charge in [0.15, 0.2) is 0 Å². The zero-order valence-electron chi connectivity index (χ0n) is 9.87. The summed E-state index contributed by atoms with van der Waals surface area (Å²) in [5, 5.41) is 0. The van der Waals surface area contributed by atoms with Gasteiger partial charge in [-0.25, -0.2) is 13.1 Å². The number of hydrazine groups is 1. The van der Waals surface area contributed by atoms with Gasteiger partial charge in [-0.3, -0.25) is 5.84 Å². The third-order valence-electron chi connectivity index (χ3n) is 2.26. The van der Waals surface area contributed by atoms with Crippen LogP contribution in [-0.2, 0) is 10.0 Å². The first-order chi connectivity index (χ1) is 8.76. The van der Waals surface area contributed by atoms with Crippen molar-refractivity contribution in [3.63, 3.8) is 0 Å². The van der Waals surface area contributed by atoms with Crippen LogP contribution in [0.1, 0.15) is 12.8 Å². The molecule has 19 heavy (non-hydrogen) atoms. The van der Waals surface area contributed by atoms with Crippen molar-refractivity contribution in [3.8, 4) is 0 Å². The quantitative estimate of drug-likeness (QED) is 0.423. The van der Waals surface area contributed by atoms with Crippen molar-refractivity contribution in [3.05, 3.63) is 24.3 Å². The zero-order chi connectivity index (χ0) is 14.5. The summed E-state index contributed by atoms with van der Waals surface area (Å²) in [7, 11) is -3.88. The summed E-state index contributed by atoms with van der Waals surface area (Å²) in [6.07, 6.45) is -5.64. The molecule has 9 heteroatoms. The summed E-state index contributed by atoms with van der Waals surface area (Å²) in [5.41, 5.74) is 2.39. The van der Waals surface area contributed by atoms with Crippen molar-refractivity contribution >= 4 is 15.7 Å². The van der Waals surface area contributed by atoms with Crippen molar-refractivity contribution in [2.75, 3.05) is 12.0 Å². The van der Waals surface area contributed by atoms with Gasteiger partial charge in [0.25, 0.3) is 0 Å².